The maximum absolute atomic E-state index is 14.3. The van der Waals surface area contributed by atoms with Crippen LogP contribution in [-0.4, -0.2) is 26.3 Å². The molecular weight excluding hydrogens is 484 g/mol. The molecule has 4 aromatic carbocycles. The number of carbonyl (C=O) groups is 1. The summed E-state index contributed by atoms with van der Waals surface area (Å²) in [4.78, 5) is 17.5. The average molecular weight is 514 g/mol. The smallest absolute Gasteiger partial charge is 0.251 e. The number of rotatable bonds is 6. The zero-order valence-electron chi connectivity index (χ0n) is 21.3. The van der Waals surface area contributed by atoms with Crippen LogP contribution in [0, 0.1) is 11.6 Å². The highest BCUT2D eigenvalue weighted by atomic mass is 19.1. The van der Waals surface area contributed by atoms with E-state index in [0.29, 0.717) is 29.7 Å². The summed E-state index contributed by atoms with van der Waals surface area (Å²) < 4.78 is 27.6. The molecule has 4 aromatic rings. The van der Waals surface area contributed by atoms with Gasteiger partial charge >= 0.3 is 0 Å². The summed E-state index contributed by atoms with van der Waals surface area (Å²) in [7, 11) is 2.99. The van der Waals surface area contributed by atoms with Crippen molar-refractivity contribution < 1.29 is 18.4 Å². The van der Waals surface area contributed by atoms with Crippen LogP contribution in [0.1, 0.15) is 43.7 Å². The minimum Gasteiger partial charge on any atom is -0.399 e. The molecule has 0 aromatic heterocycles. The third-order valence-corrected chi connectivity index (χ3v) is 6.42. The van der Waals surface area contributed by atoms with Gasteiger partial charge in [-0.2, -0.15) is 0 Å². The molecule has 0 fully saturated rings. The third-order valence-electron chi connectivity index (χ3n) is 6.42. The van der Waals surface area contributed by atoms with Crippen LogP contribution in [0.2, 0.25) is 0 Å². The largest absolute Gasteiger partial charge is 0.399 e. The predicted molar refractivity (Wildman–Crippen MR) is 146 cm³/mol. The molecule has 1 aliphatic rings. The second kappa shape index (κ2) is 12.3. The molecule has 38 heavy (non-hydrogen) atoms. The molecule has 0 atom stereocenters. The Morgan fingerprint density at radius 3 is 2.29 bits per heavy atom. The van der Waals surface area contributed by atoms with Gasteiger partial charge in [0.05, 0.1) is 6.21 Å². The number of benzene rings is 4. The van der Waals surface area contributed by atoms with E-state index in [1.54, 1.807) is 6.21 Å². The minimum atomic E-state index is -0.595. The number of oxime groups is 1. The lowest BCUT2D eigenvalue weighted by molar-refractivity contribution is 0.0951. The van der Waals surface area contributed by atoms with Crippen molar-refractivity contribution in [1.82, 2.24) is 5.32 Å². The number of amides is 1. The van der Waals surface area contributed by atoms with Gasteiger partial charge in [0.15, 0.2) is 0 Å². The zero-order valence-corrected chi connectivity index (χ0v) is 21.3. The highest BCUT2D eigenvalue weighted by molar-refractivity contribution is 5.94. The number of halogens is 2. The molecule has 0 unspecified atom stereocenters. The van der Waals surface area contributed by atoms with Gasteiger partial charge in [0.1, 0.15) is 18.7 Å². The summed E-state index contributed by atoms with van der Waals surface area (Å²) in [6.07, 6.45) is 3.01. The van der Waals surface area contributed by atoms with Crippen molar-refractivity contribution in [3.63, 3.8) is 0 Å². The summed E-state index contributed by atoms with van der Waals surface area (Å²) >= 11 is 0. The van der Waals surface area contributed by atoms with Crippen LogP contribution in [0.4, 0.5) is 8.78 Å². The zero-order chi connectivity index (χ0) is 27.1. The van der Waals surface area contributed by atoms with Crippen LogP contribution in [0.25, 0.3) is 11.1 Å². The molecule has 1 amide bonds. The van der Waals surface area contributed by atoms with E-state index < -0.39 is 11.6 Å². The number of hydrogen-bond donors (Lipinski definition) is 2. The van der Waals surface area contributed by atoms with Crippen molar-refractivity contribution >= 4 is 12.1 Å². The molecule has 0 bridgehead atoms. The van der Waals surface area contributed by atoms with E-state index >= 15 is 0 Å². The van der Waals surface area contributed by atoms with E-state index in [9.17, 15) is 13.6 Å². The number of carbonyl (C=O) groups excluding carboxylic acids is 1. The summed E-state index contributed by atoms with van der Waals surface area (Å²) in [5.74, 6) is -1.32. The molecule has 194 valence electrons. The first-order chi connectivity index (χ1) is 18.5. The van der Waals surface area contributed by atoms with Gasteiger partial charge in [-0.15, -0.1) is 0 Å². The average Bonchev–Trinajstić information content (AvgIpc) is 2.94. The second-order valence-electron chi connectivity index (χ2n) is 8.79. The Balaban J connectivity index is 0.00000164. The Hall–Kier alpha value is -4.36. The van der Waals surface area contributed by atoms with Crippen molar-refractivity contribution in [2.45, 2.75) is 19.4 Å². The molecule has 7 heteroatoms. The first kappa shape index (κ1) is 26.7. The first-order valence-corrected chi connectivity index (χ1v) is 12.2. The molecule has 3 N–H and O–H groups in total. The fourth-order valence-electron chi connectivity index (χ4n) is 4.49. The van der Waals surface area contributed by atoms with E-state index in [-0.39, 0.29) is 5.91 Å². The van der Waals surface area contributed by atoms with Gasteiger partial charge in [-0.3, -0.25) is 4.79 Å². The van der Waals surface area contributed by atoms with Gasteiger partial charge in [-0.25, -0.2) is 8.78 Å². The predicted octanol–water partition coefficient (Wildman–Crippen LogP) is 5.61. The number of hydrogen-bond acceptors (Lipinski definition) is 4. The molecule has 5 nitrogen and oxygen atoms in total. The van der Waals surface area contributed by atoms with Gasteiger partial charge in [0, 0.05) is 23.7 Å². The van der Waals surface area contributed by atoms with Crippen LogP contribution < -0.4 is 11.1 Å². The Morgan fingerprint density at radius 1 is 0.895 bits per heavy atom. The quantitative estimate of drug-likeness (QED) is 0.229. The van der Waals surface area contributed by atoms with Gasteiger partial charge in [-0.05, 0) is 83.1 Å². The van der Waals surface area contributed by atoms with Crippen LogP contribution in [0.15, 0.2) is 84.0 Å². The molecule has 0 saturated carbocycles. The lowest BCUT2D eigenvalue weighted by atomic mass is 9.83. The number of nitrogens with one attached hydrogen (secondary N) is 1. The molecule has 0 saturated heterocycles. The van der Waals surface area contributed by atoms with Crippen LogP contribution in [0.3, 0.4) is 0 Å². The molecule has 5 rings (SSSR count). The molecule has 0 radical (unpaired) electrons. The van der Waals surface area contributed by atoms with Crippen molar-refractivity contribution in [3.8, 4) is 11.1 Å². The number of nitrogens with two attached hydrogens (primary N) is 1. The molecule has 0 heterocycles. The van der Waals surface area contributed by atoms with E-state index in [1.165, 1.54) is 37.4 Å². The highest BCUT2D eigenvalue weighted by Gasteiger charge is 2.19. The second-order valence-corrected chi connectivity index (χ2v) is 8.79. The Bertz CT molecular complexity index is 1470. The standard InChI is InChI=1S/C30H24F2N2O2.CH5N/c1-36-34-18-20-4-2-19(3-5-20)17-33-30(35)24-9-7-22-12-21-6-8-23(13-25(21)15-26(22)14-24)28-11-10-27(31)16-29(28)32;1-2/h2-11,13-14,16,18H,12,15,17H2,1H3,(H,33,35);2H2,1H3/b34-18+;. The Labute approximate surface area is 221 Å². The number of nitrogens with zero attached hydrogens (tertiary/aromatic N) is 1. The van der Waals surface area contributed by atoms with Crippen LogP contribution in [0.5, 0.6) is 0 Å². The normalized spacial score (nSPS) is 11.7. The van der Waals surface area contributed by atoms with Crippen molar-refractivity contribution in [1.29, 1.82) is 0 Å². The lowest BCUT2D eigenvalue weighted by Gasteiger charge is -2.21. The van der Waals surface area contributed by atoms with Crippen molar-refractivity contribution in [2.75, 3.05) is 14.2 Å². The lowest BCUT2D eigenvalue weighted by Crippen LogP contribution is -2.23. The maximum Gasteiger partial charge on any atom is 0.251 e. The molecule has 0 spiro atoms. The van der Waals surface area contributed by atoms with E-state index in [0.717, 1.165) is 34.7 Å². The summed E-state index contributed by atoms with van der Waals surface area (Å²) in [6, 6.07) is 22.9. The van der Waals surface area contributed by atoms with Gasteiger partial charge in [-0.1, -0.05) is 53.7 Å². The topological polar surface area (TPSA) is 76.7 Å². The monoisotopic (exact) mass is 513 g/mol. The van der Waals surface area contributed by atoms with E-state index in [1.807, 2.05) is 60.7 Å². The number of fused-ring (bicyclic) bond motifs is 2. The Morgan fingerprint density at radius 2 is 1.58 bits per heavy atom. The molecule has 1 aliphatic carbocycles. The fraction of sp³-hybridized carbons (Fsp3) is 0.161. The third kappa shape index (κ3) is 6.12. The summed E-state index contributed by atoms with van der Waals surface area (Å²) in [6.45, 7) is 0.410. The van der Waals surface area contributed by atoms with Gasteiger partial charge in [0.2, 0.25) is 0 Å². The summed E-state index contributed by atoms with van der Waals surface area (Å²) in [5.41, 5.74) is 12.6. The Kier molecular flexibility index (Phi) is 8.61. The van der Waals surface area contributed by atoms with E-state index in [2.05, 4.69) is 21.0 Å². The van der Waals surface area contributed by atoms with Crippen molar-refractivity contribution in [2.24, 2.45) is 10.9 Å². The highest BCUT2D eigenvalue weighted by Crippen LogP contribution is 2.32. The van der Waals surface area contributed by atoms with E-state index in [4.69, 9.17) is 0 Å². The summed E-state index contributed by atoms with van der Waals surface area (Å²) in [5, 5.41) is 6.71. The minimum absolute atomic E-state index is 0.143. The SMILES string of the molecule is CN.CO/N=C/c1ccc(CNC(=O)c2ccc3c(c2)Cc2cc(-c4ccc(F)cc4F)ccc2C3)cc1. The molecular formula is C31H29F2N3O2. The van der Waals surface area contributed by atoms with Crippen LogP contribution >= 0.6 is 0 Å². The maximum atomic E-state index is 14.3. The first-order valence-electron chi connectivity index (χ1n) is 12.2. The van der Waals surface area contributed by atoms with Gasteiger partial charge in [0.25, 0.3) is 5.91 Å². The fourth-order valence-corrected chi connectivity index (χ4v) is 4.49. The van der Waals surface area contributed by atoms with Crippen LogP contribution in [-0.2, 0) is 24.2 Å². The van der Waals surface area contributed by atoms with Crippen molar-refractivity contribution in [3.05, 3.63) is 129 Å². The molecule has 0 aliphatic heterocycles. The van der Waals surface area contributed by atoms with Gasteiger partial charge < -0.3 is 15.9 Å².